The zero-order valence-electron chi connectivity index (χ0n) is 12.9. The molecule has 0 spiro atoms. The van der Waals surface area contributed by atoms with Gasteiger partial charge >= 0.3 is 5.97 Å². The fourth-order valence-corrected chi connectivity index (χ4v) is 2.22. The van der Waals surface area contributed by atoms with Crippen LogP contribution in [0, 0.1) is 0 Å². The molecule has 0 bridgehead atoms. The van der Waals surface area contributed by atoms with Gasteiger partial charge < -0.3 is 9.47 Å². The molecule has 4 heteroatoms. The number of carbonyl (C=O) groups excluding carboxylic acids is 1. The van der Waals surface area contributed by atoms with Gasteiger partial charge in [-0.1, -0.05) is 48.5 Å². The Labute approximate surface area is 131 Å². The molecule has 2 aromatic rings. The van der Waals surface area contributed by atoms with E-state index in [0.717, 1.165) is 11.3 Å². The second-order valence-electron chi connectivity index (χ2n) is 5.01. The molecule has 0 amide bonds. The molecule has 0 heterocycles. The number of benzene rings is 2. The minimum atomic E-state index is -0.453. The maximum atomic E-state index is 12.0. The third-order valence-corrected chi connectivity index (χ3v) is 3.26. The molecule has 2 aromatic carbocycles. The first-order valence-corrected chi connectivity index (χ1v) is 7.28. The van der Waals surface area contributed by atoms with E-state index in [0.29, 0.717) is 6.42 Å². The van der Waals surface area contributed by atoms with Crippen molar-refractivity contribution in [1.29, 1.82) is 0 Å². The summed E-state index contributed by atoms with van der Waals surface area (Å²) in [5.41, 5.74) is 1.07. The summed E-state index contributed by atoms with van der Waals surface area (Å²) in [6.45, 7) is 1.87. The number of hydrogen-bond donors (Lipinski definition) is 1. The Kier molecular flexibility index (Phi) is 5.98. The van der Waals surface area contributed by atoms with E-state index in [2.05, 4.69) is 5.32 Å². The van der Waals surface area contributed by atoms with Crippen LogP contribution in [0.15, 0.2) is 60.7 Å². The quantitative estimate of drug-likeness (QED) is 0.631. The second kappa shape index (κ2) is 8.20. The van der Waals surface area contributed by atoms with Crippen LogP contribution in [0.3, 0.4) is 0 Å². The molecule has 2 atom stereocenters. The Morgan fingerprint density at radius 1 is 1.05 bits per heavy atom. The lowest BCUT2D eigenvalue weighted by molar-refractivity contribution is -0.143. The fraction of sp³-hybridized carbons (Fsp3) is 0.278. The van der Waals surface area contributed by atoms with Gasteiger partial charge in [-0.15, -0.1) is 0 Å². The van der Waals surface area contributed by atoms with E-state index >= 15 is 0 Å². The van der Waals surface area contributed by atoms with Crippen LogP contribution in [0.1, 0.15) is 12.5 Å². The number of nitrogens with one attached hydrogen (secondary N) is 1. The first-order valence-electron chi connectivity index (χ1n) is 7.28. The maximum absolute atomic E-state index is 12.0. The highest BCUT2D eigenvalue weighted by Crippen LogP contribution is 2.11. The van der Waals surface area contributed by atoms with E-state index < -0.39 is 6.04 Å². The van der Waals surface area contributed by atoms with Crippen LogP contribution < -0.4 is 10.1 Å². The minimum absolute atomic E-state index is 0.299. The van der Waals surface area contributed by atoms with Crippen molar-refractivity contribution in [3.8, 4) is 5.75 Å². The molecule has 1 N–H and O–H groups in total. The highest BCUT2D eigenvalue weighted by atomic mass is 16.5. The summed E-state index contributed by atoms with van der Waals surface area (Å²) < 4.78 is 10.6. The van der Waals surface area contributed by atoms with E-state index in [1.165, 1.54) is 7.11 Å². The molecule has 2 rings (SSSR count). The normalized spacial score (nSPS) is 13.2. The van der Waals surface area contributed by atoms with Crippen molar-refractivity contribution >= 4 is 5.97 Å². The van der Waals surface area contributed by atoms with Crippen LogP contribution >= 0.6 is 0 Å². The smallest absolute Gasteiger partial charge is 0.323 e. The van der Waals surface area contributed by atoms with Crippen molar-refractivity contribution in [2.24, 2.45) is 0 Å². The van der Waals surface area contributed by atoms with Gasteiger partial charge in [0.2, 0.25) is 0 Å². The van der Waals surface area contributed by atoms with Gasteiger partial charge in [0.15, 0.2) is 0 Å². The average molecular weight is 299 g/mol. The summed E-state index contributed by atoms with van der Waals surface area (Å²) in [5.74, 6) is 0.457. The van der Waals surface area contributed by atoms with Crippen LogP contribution in [0.5, 0.6) is 5.75 Å². The number of methoxy groups -OCH3 is 1. The minimum Gasteiger partial charge on any atom is -0.476 e. The van der Waals surface area contributed by atoms with E-state index in [1.807, 2.05) is 67.6 Å². The number of esters is 1. The third kappa shape index (κ3) is 4.90. The zero-order chi connectivity index (χ0) is 15.8. The molecule has 0 aromatic heterocycles. The average Bonchev–Trinajstić information content (AvgIpc) is 2.55. The van der Waals surface area contributed by atoms with Gasteiger partial charge in [0.05, 0.1) is 7.11 Å². The molecule has 0 aliphatic heterocycles. The molecule has 116 valence electrons. The van der Waals surface area contributed by atoms with Gasteiger partial charge in [-0.25, -0.2) is 0 Å². The molecular weight excluding hydrogens is 278 g/mol. The summed E-state index contributed by atoms with van der Waals surface area (Å²) >= 11 is 0. The Balaban J connectivity index is 1.98. The lowest BCUT2D eigenvalue weighted by Gasteiger charge is -2.22. The van der Waals surface area contributed by atoms with Gasteiger partial charge in [0.25, 0.3) is 0 Å². The monoisotopic (exact) mass is 299 g/mol. The zero-order valence-corrected chi connectivity index (χ0v) is 12.9. The van der Waals surface area contributed by atoms with Crippen LogP contribution in [-0.4, -0.2) is 25.3 Å². The number of para-hydroxylation sites is 1. The van der Waals surface area contributed by atoms with Crippen LogP contribution in [0.2, 0.25) is 0 Å². The van der Waals surface area contributed by atoms with E-state index in [-0.39, 0.29) is 12.2 Å². The Morgan fingerprint density at radius 3 is 2.23 bits per heavy atom. The van der Waals surface area contributed by atoms with Crippen molar-refractivity contribution in [2.45, 2.75) is 25.6 Å². The third-order valence-electron chi connectivity index (χ3n) is 3.26. The largest absolute Gasteiger partial charge is 0.476 e. The Hall–Kier alpha value is -2.33. The Bertz CT molecular complexity index is 571. The van der Waals surface area contributed by atoms with Gasteiger partial charge in [0.1, 0.15) is 18.0 Å². The molecular formula is C18H21NO3. The first-order chi connectivity index (χ1) is 10.7. The van der Waals surface area contributed by atoms with Gasteiger partial charge in [-0.2, -0.15) is 0 Å². The summed E-state index contributed by atoms with van der Waals surface area (Å²) in [7, 11) is 1.39. The van der Waals surface area contributed by atoms with Gasteiger partial charge in [-0.05, 0) is 31.0 Å². The molecule has 2 unspecified atom stereocenters. The van der Waals surface area contributed by atoms with Crippen molar-refractivity contribution in [3.63, 3.8) is 0 Å². The summed E-state index contributed by atoms with van der Waals surface area (Å²) in [5, 5.41) is 3.17. The summed E-state index contributed by atoms with van der Waals surface area (Å²) in [4.78, 5) is 12.0. The second-order valence-corrected chi connectivity index (χ2v) is 5.01. The Morgan fingerprint density at radius 2 is 1.64 bits per heavy atom. The van der Waals surface area contributed by atoms with Crippen molar-refractivity contribution < 1.29 is 14.3 Å². The lowest BCUT2D eigenvalue weighted by atomic mass is 10.1. The molecule has 22 heavy (non-hydrogen) atoms. The van der Waals surface area contributed by atoms with Crippen molar-refractivity contribution in [1.82, 2.24) is 5.32 Å². The highest BCUT2D eigenvalue weighted by molar-refractivity contribution is 5.76. The van der Waals surface area contributed by atoms with Gasteiger partial charge in [-0.3, -0.25) is 10.1 Å². The van der Waals surface area contributed by atoms with Crippen LogP contribution in [0.4, 0.5) is 0 Å². The van der Waals surface area contributed by atoms with E-state index in [4.69, 9.17) is 9.47 Å². The standard InChI is InChI=1S/C18H21NO3/c1-14(22-16-11-7-4-8-12-16)19-17(18(20)21-2)13-15-9-5-3-6-10-15/h3-12,14,17,19H,13H2,1-2H3. The topological polar surface area (TPSA) is 47.6 Å². The highest BCUT2D eigenvalue weighted by Gasteiger charge is 2.22. The SMILES string of the molecule is COC(=O)C(Cc1ccccc1)NC(C)Oc1ccccc1. The number of carbonyl (C=O) groups is 1. The molecule has 4 nitrogen and oxygen atoms in total. The van der Waals surface area contributed by atoms with Crippen LogP contribution in [0.25, 0.3) is 0 Å². The maximum Gasteiger partial charge on any atom is 0.323 e. The molecule has 0 saturated carbocycles. The number of hydrogen-bond acceptors (Lipinski definition) is 4. The summed E-state index contributed by atoms with van der Waals surface area (Å²) in [6.07, 6.45) is 0.242. The molecule has 0 aliphatic rings. The first kappa shape index (κ1) is 16.0. The molecule has 0 saturated heterocycles. The van der Waals surface area contributed by atoms with E-state index in [9.17, 15) is 4.79 Å². The molecule has 0 radical (unpaired) electrons. The fourth-order valence-electron chi connectivity index (χ4n) is 2.22. The van der Waals surface area contributed by atoms with Crippen molar-refractivity contribution in [2.75, 3.05) is 7.11 Å². The number of ether oxygens (including phenoxy) is 2. The van der Waals surface area contributed by atoms with Gasteiger partial charge in [0, 0.05) is 0 Å². The summed E-state index contributed by atoms with van der Waals surface area (Å²) in [6, 6.07) is 18.9. The predicted octanol–water partition coefficient (Wildman–Crippen LogP) is 2.79. The molecule has 0 aliphatic carbocycles. The molecule has 0 fully saturated rings. The van der Waals surface area contributed by atoms with Crippen molar-refractivity contribution in [3.05, 3.63) is 66.2 Å². The number of rotatable bonds is 7. The van der Waals surface area contributed by atoms with E-state index in [1.54, 1.807) is 0 Å². The lowest BCUT2D eigenvalue weighted by Crippen LogP contribution is -2.46. The van der Waals surface area contributed by atoms with Crippen LogP contribution in [-0.2, 0) is 16.0 Å². The predicted molar refractivity (Wildman–Crippen MR) is 85.6 cm³/mol.